The number of carboxylic acid groups (broad SMARTS) is 1. The SMILES string of the molecule is O=C1CN(c2ccc(CCC3CCCCCN3C(=O)O)cc2O)S(=O)(=O)N1. The minimum absolute atomic E-state index is 0.0405. The van der Waals surface area contributed by atoms with Crippen LogP contribution >= 0.6 is 0 Å². The van der Waals surface area contributed by atoms with Crippen LogP contribution in [0, 0.1) is 0 Å². The zero-order chi connectivity index (χ0) is 19.6. The van der Waals surface area contributed by atoms with Crippen LogP contribution < -0.4 is 9.03 Å². The third-order valence-electron chi connectivity index (χ3n) is 5.02. The Labute approximate surface area is 157 Å². The number of benzene rings is 1. The molecule has 9 nitrogen and oxygen atoms in total. The summed E-state index contributed by atoms with van der Waals surface area (Å²) in [5, 5.41) is 19.6. The summed E-state index contributed by atoms with van der Waals surface area (Å²) in [5.74, 6) is -0.885. The van der Waals surface area contributed by atoms with Gasteiger partial charge in [0.25, 0.3) is 5.91 Å². The van der Waals surface area contributed by atoms with Crippen LogP contribution in [0.1, 0.15) is 37.7 Å². The van der Waals surface area contributed by atoms with Crippen molar-refractivity contribution in [2.24, 2.45) is 0 Å². The van der Waals surface area contributed by atoms with E-state index in [-0.39, 0.29) is 24.0 Å². The van der Waals surface area contributed by atoms with Crippen LogP contribution in [0.25, 0.3) is 0 Å². The number of nitrogens with one attached hydrogen (secondary N) is 1. The molecule has 2 aliphatic heterocycles. The average Bonchev–Trinajstić information content (AvgIpc) is 2.76. The lowest BCUT2D eigenvalue weighted by molar-refractivity contribution is -0.117. The molecule has 0 spiro atoms. The maximum absolute atomic E-state index is 11.9. The molecule has 2 heterocycles. The van der Waals surface area contributed by atoms with Crippen LogP contribution in [0.2, 0.25) is 0 Å². The van der Waals surface area contributed by atoms with Gasteiger partial charge in [-0.3, -0.25) is 4.79 Å². The van der Waals surface area contributed by atoms with Crippen molar-refractivity contribution in [1.82, 2.24) is 9.62 Å². The second-order valence-electron chi connectivity index (χ2n) is 6.88. The Bertz CT molecular complexity index is 841. The molecule has 148 valence electrons. The zero-order valence-corrected chi connectivity index (χ0v) is 15.6. The number of rotatable bonds is 4. The van der Waals surface area contributed by atoms with E-state index in [0.717, 1.165) is 35.6 Å². The first kappa shape index (κ1) is 19.3. The number of likely N-dealkylation sites (tertiary alicyclic amines) is 1. The summed E-state index contributed by atoms with van der Waals surface area (Å²) in [7, 11) is -3.97. The first-order chi connectivity index (χ1) is 12.8. The van der Waals surface area contributed by atoms with Crippen LogP contribution in [0.3, 0.4) is 0 Å². The Balaban J connectivity index is 1.71. The lowest BCUT2D eigenvalue weighted by Gasteiger charge is -2.27. The molecular weight excluding hydrogens is 374 g/mol. The van der Waals surface area contributed by atoms with E-state index in [9.17, 15) is 28.2 Å². The highest BCUT2D eigenvalue weighted by Crippen LogP contribution is 2.32. The van der Waals surface area contributed by atoms with Gasteiger partial charge < -0.3 is 15.1 Å². The van der Waals surface area contributed by atoms with E-state index in [0.29, 0.717) is 19.4 Å². The van der Waals surface area contributed by atoms with Crippen molar-refractivity contribution in [3.63, 3.8) is 0 Å². The van der Waals surface area contributed by atoms with Gasteiger partial charge in [0.05, 0.1) is 5.69 Å². The number of aryl methyl sites for hydroxylation is 1. The predicted octanol–water partition coefficient (Wildman–Crippen LogP) is 1.43. The Kier molecular flexibility index (Phi) is 5.45. The highest BCUT2D eigenvalue weighted by atomic mass is 32.2. The fraction of sp³-hybridized carbons (Fsp3) is 0.529. The molecule has 3 N–H and O–H groups in total. The molecule has 1 atom stereocenters. The first-order valence-electron chi connectivity index (χ1n) is 8.92. The van der Waals surface area contributed by atoms with Crippen molar-refractivity contribution < 1.29 is 28.2 Å². The normalized spacial score (nSPS) is 22.4. The largest absolute Gasteiger partial charge is 0.506 e. The van der Waals surface area contributed by atoms with Crippen molar-refractivity contribution in [1.29, 1.82) is 0 Å². The monoisotopic (exact) mass is 397 g/mol. The van der Waals surface area contributed by atoms with Crippen molar-refractivity contribution >= 4 is 27.9 Å². The molecule has 3 rings (SSSR count). The lowest BCUT2D eigenvalue weighted by atomic mass is 10.0. The Hall–Kier alpha value is -2.49. The van der Waals surface area contributed by atoms with E-state index >= 15 is 0 Å². The molecule has 1 aromatic carbocycles. The second-order valence-corrected chi connectivity index (χ2v) is 8.47. The number of anilines is 1. The first-order valence-corrected chi connectivity index (χ1v) is 10.4. The van der Waals surface area contributed by atoms with E-state index in [2.05, 4.69) is 0 Å². The van der Waals surface area contributed by atoms with Gasteiger partial charge >= 0.3 is 16.3 Å². The highest BCUT2D eigenvalue weighted by molar-refractivity contribution is 7.92. The topological polar surface area (TPSA) is 127 Å². The van der Waals surface area contributed by atoms with Crippen LogP contribution in [0.4, 0.5) is 10.5 Å². The molecule has 2 amide bonds. The number of hydrogen-bond donors (Lipinski definition) is 3. The maximum atomic E-state index is 11.9. The van der Waals surface area contributed by atoms with Crippen molar-refractivity contribution in [2.45, 2.75) is 44.6 Å². The third-order valence-corrected chi connectivity index (χ3v) is 6.41. The molecule has 1 unspecified atom stereocenters. The molecule has 0 aliphatic carbocycles. The quantitative estimate of drug-likeness (QED) is 0.705. The number of nitrogens with zero attached hydrogens (tertiary/aromatic N) is 2. The van der Waals surface area contributed by atoms with Crippen LogP contribution in [-0.4, -0.2) is 54.7 Å². The summed E-state index contributed by atoms with van der Waals surface area (Å²) >= 11 is 0. The number of phenols is 1. The minimum Gasteiger partial charge on any atom is -0.506 e. The Morgan fingerprint density at radius 3 is 2.67 bits per heavy atom. The van der Waals surface area contributed by atoms with E-state index in [4.69, 9.17) is 0 Å². The maximum Gasteiger partial charge on any atom is 0.407 e. The Morgan fingerprint density at radius 1 is 1.26 bits per heavy atom. The second kappa shape index (κ2) is 7.63. The highest BCUT2D eigenvalue weighted by Gasteiger charge is 2.35. The molecule has 0 radical (unpaired) electrons. The van der Waals surface area contributed by atoms with Crippen LogP contribution in [0.5, 0.6) is 5.75 Å². The van der Waals surface area contributed by atoms with E-state index in [1.165, 1.54) is 17.0 Å². The molecule has 0 bridgehead atoms. The average molecular weight is 397 g/mol. The fourth-order valence-electron chi connectivity index (χ4n) is 3.66. The van der Waals surface area contributed by atoms with Gasteiger partial charge in [-0.25, -0.2) is 13.8 Å². The standard InChI is InChI=1S/C17H23N3O6S/c21-15-10-12(5-7-13-4-2-1-3-9-19(13)17(23)24)6-8-14(15)20-11-16(22)18-27(20,25)26/h6,8,10,13,21H,1-5,7,9,11H2,(H,18,22)(H,23,24). The van der Waals surface area contributed by atoms with E-state index in [1.54, 1.807) is 6.07 Å². The summed E-state index contributed by atoms with van der Waals surface area (Å²) in [6.45, 7) is 0.170. The lowest BCUT2D eigenvalue weighted by Crippen LogP contribution is -2.39. The molecule has 0 aromatic heterocycles. The summed E-state index contributed by atoms with van der Waals surface area (Å²) in [6, 6.07) is 4.56. The van der Waals surface area contributed by atoms with Gasteiger partial charge in [-0.15, -0.1) is 0 Å². The number of amides is 2. The number of carbonyl (C=O) groups excluding carboxylic acids is 1. The van der Waals surface area contributed by atoms with Gasteiger partial charge in [-0.05, 0) is 43.4 Å². The summed E-state index contributed by atoms with van der Waals surface area (Å²) < 4.78 is 26.5. The molecule has 2 saturated heterocycles. The molecule has 2 fully saturated rings. The fourth-order valence-corrected chi connectivity index (χ4v) is 4.82. The number of hydrogen-bond acceptors (Lipinski definition) is 5. The van der Waals surface area contributed by atoms with Gasteiger partial charge in [0.2, 0.25) is 0 Å². The van der Waals surface area contributed by atoms with Gasteiger partial charge in [-0.2, -0.15) is 8.42 Å². The molecule has 1 aromatic rings. The summed E-state index contributed by atoms with van der Waals surface area (Å²) in [4.78, 5) is 24.3. The van der Waals surface area contributed by atoms with Gasteiger partial charge in [0.15, 0.2) is 0 Å². The zero-order valence-electron chi connectivity index (χ0n) is 14.8. The summed E-state index contributed by atoms with van der Waals surface area (Å²) in [5.41, 5.74) is 0.820. The van der Waals surface area contributed by atoms with Gasteiger partial charge in [0, 0.05) is 12.6 Å². The smallest absolute Gasteiger partial charge is 0.407 e. The minimum atomic E-state index is -3.97. The van der Waals surface area contributed by atoms with Crippen LogP contribution in [0.15, 0.2) is 18.2 Å². The molecule has 27 heavy (non-hydrogen) atoms. The number of carbonyl (C=O) groups is 2. The van der Waals surface area contributed by atoms with Crippen molar-refractivity contribution in [3.05, 3.63) is 23.8 Å². The van der Waals surface area contributed by atoms with E-state index in [1.807, 2.05) is 4.72 Å². The van der Waals surface area contributed by atoms with Crippen molar-refractivity contribution in [3.8, 4) is 5.75 Å². The molecule has 10 heteroatoms. The van der Waals surface area contributed by atoms with Gasteiger partial charge in [0.1, 0.15) is 12.3 Å². The molecular formula is C17H23N3O6S. The number of phenolic OH excluding ortho intramolecular Hbond substituents is 1. The predicted molar refractivity (Wildman–Crippen MR) is 97.8 cm³/mol. The third kappa shape index (κ3) is 4.26. The van der Waals surface area contributed by atoms with E-state index < -0.39 is 22.2 Å². The molecule has 2 aliphatic rings. The number of aromatic hydroxyl groups is 1. The Morgan fingerprint density at radius 2 is 2.04 bits per heavy atom. The molecule has 0 saturated carbocycles. The van der Waals surface area contributed by atoms with Gasteiger partial charge in [-0.1, -0.05) is 18.9 Å². The summed E-state index contributed by atoms with van der Waals surface area (Å²) in [6.07, 6.45) is 3.99. The van der Waals surface area contributed by atoms with Crippen molar-refractivity contribution in [2.75, 3.05) is 17.4 Å². The van der Waals surface area contributed by atoms with Crippen LogP contribution in [-0.2, 0) is 21.4 Å².